The van der Waals surface area contributed by atoms with Crippen molar-refractivity contribution in [3.8, 4) is 11.5 Å². The number of hydrazone groups is 1. The summed E-state index contributed by atoms with van der Waals surface area (Å²) in [6.45, 7) is 4.26. The second-order valence-corrected chi connectivity index (χ2v) is 8.30. The fourth-order valence-electron chi connectivity index (χ4n) is 3.73. The largest absolute Gasteiger partial charge is 0.454 e. The van der Waals surface area contributed by atoms with Crippen LogP contribution in [-0.2, 0) is 6.42 Å². The predicted molar refractivity (Wildman–Crippen MR) is 114 cm³/mol. The molecule has 2 aliphatic rings. The number of non-ortho nitro benzene ring substituents is 1. The van der Waals surface area contributed by atoms with Crippen LogP contribution in [0, 0.1) is 17.0 Å². The molecule has 0 saturated heterocycles. The molecule has 0 spiro atoms. The maximum Gasteiger partial charge on any atom is 0.269 e. The Hall–Kier alpha value is -3.46. The normalized spacial score (nSPS) is 17.3. The Bertz CT molecular complexity index is 1170. The minimum absolute atomic E-state index is 0.0410. The van der Waals surface area contributed by atoms with Crippen LogP contribution in [0.25, 0.3) is 0 Å². The Balaban J connectivity index is 1.68. The summed E-state index contributed by atoms with van der Waals surface area (Å²) in [4.78, 5) is 15.3. The van der Waals surface area contributed by atoms with Crippen LogP contribution in [0.5, 0.6) is 11.5 Å². The lowest BCUT2D eigenvalue weighted by atomic mass is 9.94. The average molecular weight is 422 g/mol. The van der Waals surface area contributed by atoms with Gasteiger partial charge in [-0.05, 0) is 50.1 Å². The molecule has 0 fully saturated rings. The van der Waals surface area contributed by atoms with E-state index in [-0.39, 0.29) is 18.5 Å². The van der Waals surface area contributed by atoms with Gasteiger partial charge in [0.15, 0.2) is 17.3 Å². The second-order valence-electron chi connectivity index (χ2n) is 7.24. The van der Waals surface area contributed by atoms with Crippen LogP contribution < -0.4 is 14.5 Å². The molecule has 2 aliphatic heterocycles. The number of fused-ring (bicyclic) bond motifs is 2. The number of hydrogen-bond donors (Lipinski definition) is 0. The molecule has 0 N–H and O–H groups in total. The molecular weight excluding hydrogens is 404 g/mol. The van der Waals surface area contributed by atoms with Gasteiger partial charge in [-0.3, -0.25) is 10.1 Å². The van der Waals surface area contributed by atoms with Gasteiger partial charge in [-0.1, -0.05) is 0 Å². The number of nitro groups is 1. The SMILES string of the molecule is Cc1nc(N2N=C(c3ccc([N+](=O)[O-])cc3)c3cc4c(cc3CC2C)OCO4)cs1. The Morgan fingerprint density at radius 3 is 2.60 bits per heavy atom. The molecule has 0 amide bonds. The second kappa shape index (κ2) is 7.10. The smallest absolute Gasteiger partial charge is 0.269 e. The monoisotopic (exact) mass is 422 g/mol. The molecule has 0 saturated carbocycles. The molecule has 0 radical (unpaired) electrons. The summed E-state index contributed by atoms with van der Waals surface area (Å²) in [5, 5.41) is 20.9. The van der Waals surface area contributed by atoms with Crippen molar-refractivity contribution in [3.63, 3.8) is 0 Å². The lowest BCUT2D eigenvalue weighted by Gasteiger charge is -2.23. The molecule has 8 nitrogen and oxygen atoms in total. The van der Waals surface area contributed by atoms with E-state index < -0.39 is 4.92 Å². The van der Waals surface area contributed by atoms with E-state index in [9.17, 15) is 10.1 Å². The highest BCUT2D eigenvalue weighted by Crippen LogP contribution is 2.38. The van der Waals surface area contributed by atoms with Crippen molar-refractivity contribution in [1.82, 2.24) is 4.98 Å². The molecule has 0 aliphatic carbocycles. The summed E-state index contributed by atoms with van der Waals surface area (Å²) >= 11 is 1.57. The molecule has 2 aromatic carbocycles. The van der Waals surface area contributed by atoms with Crippen molar-refractivity contribution in [1.29, 1.82) is 0 Å². The molecule has 5 rings (SSSR count). The maximum atomic E-state index is 11.1. The van der Waals surface area contributed by atoms with Gasteiger partial charge in [0, 0.05) is 28.6 Å². The maximum absolute atomic E-state index is 11.1. The molecule has 1 atom stereocenters. The van der Waals surface area contributed by atoms with Crippen LogP contribution in [0.2, 0.25) is 0 Å². The first-order chi connectivity index (χ1) is 14.5. The van der Waals surface area contributed by atoms with Crippen LogP contribution in [-0.4, -0.2) is 28.5 Å². The zero-order chi connectivity index (χ0) is 20.8. The molecule has 3 heterocycles. The number of aromatic nitrogens is 1. The number of benzene rings is 2. The van der Waals surface area contributed by atoms with Gasteiger partial charge in [-0.25, -0.2) is 9.99 Å². The van der Waals surface area contributed by atoms with Crippen LogP contribution in [0.4, 0.5) is 11.5 Å². The number of nitrogens with zero attached hydrogens (tertiary/aromatic N) is 4. The third kappa shape index (κ3) is 3.17. The Kier molecular flexibility index (Phi) is 4.39. The lowest BCUT2D eigenvalue weighted by Crippen LogP contribution is -2.29. The standard InChI is InChI=1S/C21H18N4O4S/c1-12-7-15-8-18-19(29-11-28-18)9-17(15)21(14-3-5-16(6-4-14)25(26)27)23-24(12)20-10-30-13(2)22-20/h3-6,8-10,12H,7,11H2,1-2H3. The summed E-state index contributed by atoms with van der Waals surface area (Å²) < 4.78 is 11.2. The molecule has 30 heavy (non-hydrogen) atoms. The van der Waals surface area contributed by atoms with E-state index in [1.54, 1.807) is 23.5 Å². The Morgan fingerprint density at radius 2 is 1.93 bits per heavy atom. The van der Waals surface area contributed by atoms with Gasteiger partial charge in [0.2, 0.25) is 6.79 Å². The number of aryl methyl sites for hydroxylation is 1. The van der Waals surface area contributed by atoms with Gasteiger partial charge in [-0.2, -0.15) is 5.10 Å². The van der Waals surface area contributed by atoms with E-state index in [0.29, 0.717) is 11.5 Å². The quantitative estimate of drug-likeness (QED) is 0.462. The molecule has 0 bridgehead atoms. The van der Waals surface area contributed by atoms with Gasteiger partial charge in [-0.15, -0.1) is 11.3 Å². The van der Waals surface area contributed by atoms with Crippen LogP contribution in [0.1, 0.15) is 28.6 Å². The van der Waals surface area contributed by atoms with Crippen molar-refractivity contribution in [2.45, 2.75) is 26.3 Å². The zero-order valence-electron chi connectivity index (χ0n) is 16.4. The number of hydrogen-bond acceptors (Lipinski definition) is 8. The first-order valence-corrected chi connectivity index (χ1v) is 10.4. The number of anilines is 1. The third-order valence-corrected chi connectivity index (χ3v) is 5.95. The average Bonchev–Trinajstić information content (AvgIpc) is 3.33. The highest BCUT2D eigenvalue weighted by atomic mass is 32.1. The van der Waals surface area contributed by atoms with Crippen LogP contribution in [0.15, 0.2) is 46.9 Å². The van der Waals surface area contributed by atoms with Crippen molar-refractivity contribution in [3.05, 3.63) is 73.6 Å². The minimum atomic E-state index is -0.406. The Labute approximate surface area is 176 Å². The number of rotatable bonds is 3. The zero-order valence-corrected chi connectivity index (χ0v) is 17.2. The van der Waals surface area contributed by atoms with Crippen molar-refractivity contribution >= 4 is 28.6 Å². The summed E-state index contributed by atoms with van der Waals surface area (Å²) in [7, 11) is 0. The molecule has 9 heteroatoms. The fourth-order valence-corrected chi connectivity index (χ4v) is 4.31. The van der Waals surface area contributed by atoms with Gasteiger partial charge < -0.3 is 9.47 Å². The molecule has 152 valence electrons. The van der Waals surface area contributed by atoms with Crippen molar-refractivity contribution in [2.24, 2.45) is 5.10 Å². The molecular formula is C21H18N4O4S. The van der Waals surface area contributed by atoms with Gasteiger partial charge in [0.1, 0.15) is 0 Å². The molecule has 3 aromatic rings. The topological polar surface area (TPSA) is 90.1 Å². The van der Waals surface area contributed by atoms with Crippen molar-refractivity contribution < 1.29 is 14.4 Å². The van der Waals surface area contributed by atoms with E-state index in [1.165, 1.54) is 12.1 Å². The summed E-state index contributed by atoms with van der Waals surface area (Å²) in [5.41, 5.74) is 3.55. The molecule has 1 aromatic heterocycles. The first kappa shape index (κ1) is 18.6. The van der Waals surface area contributed by atoms with E-state index in [4.69, 9.17) is 14.6 Å². The summed E-state index contributed by atoms with van der Waals surface area (Å²) in [6.07, 6.45) is 0.739. The third-order valence-electron chi connectivity index (χ3n) is 5.19. The number of nitro benzene ring substituents is 1. The van der Waals surface area contributed by atoms with Gasteiger partial charge >= 0.3 is 0 Å². The van der Waals surface area contributed by atoms with E-state index in [0.717, 1.165) is 39.7 Å². The van der Waals surface area contributed by atoms with Crippen LogP contribution in [0.3, 0.4) is 0 Å². The van der Waals surface area contributed by atoms with Crippen molar-refractivity contribution in [2.75, 3.05) is 11.8 Å². The predicted octanol–water partition coefficient (Wildman–Crippen LogP) is 4.29. The highest BCUT2D eigenvalue weighted by Gasteiger charge is 2.28. The number of ether oxygens (including phenoxy) is 2. The van der Waals surface area contributed by atoms with E-state index >= 15 is 0 Å². The first-order valence-electron chi connectivity index (χ1n) is 9.47. The summed E-state index contributed by atoms with van der Waals surface area (Å²) in [6, 6.07) is 10.5. The summed E-state index contributed by atoms with van der Waals surface area (Å²) in [5.74, 6) is 2.19. The number of thiazole rings is 1. The van der Waals surface area contributed by atoms with Gasteiger partial charge in [0.25, 0.3) is 5.69 Å². The highest BCUT2D eigenvalue weighted by molar-refractivity contribution is 7.09. The fraction of sp³-hybridized carbons (Fsp3) is 0.238. The molecule has 1 unspecified atom stereocenters. The lowest BCUT2D eigenvalue weighted by molar-refractivity contribution is -0.384. The van der Waals surface area contributed by atoms with Gasteiger partial charge in [0.05, 0.1) is 21.7 Å². The Morgan fingerprint density at radius 1 is 1.20 bits per heavy atom. The van der Waals surface area contributed by atoms with E-state index in [2.05, 4.69) is 11.9 Å². The van der Waals surface area contributed by atoms with E-state index in [1.807, 2.05) is 29.4 Å². The minimum Gasteiger partial charge on any atom is -0.454 e. The van der Waals surface area contributed by atoms with Crippen LogP contribution >= 0.6 is 11.3 Å².